The molecule has 2 aliphatic rings. The third-order valence-corrected chi connectivity index (χ3v) is 6.23. The minimum atomic E-state index is -3.91. The first kappa shape index (κ1) is 21.2. The average molecular weight is 424 g/mol. The van der Waals surface area contributed by atoms with E-state index in [2.05, 4.69) is 14.8 Å². The van der Waals surface area contributed by atoms with Crippen molar-refractivity contribution in [3.63, 3.8) is 0 Å². The fraction of sp³-hybridized carbons (Fsp3) is 0.368. The maximum atomic E-state index is 15.3. The molecule has 1 saturated heterocycles. The average Bonchev–Trinajstić information content (AvgIpc) is 2.66. The van der Waals surface area contributed by atoms with E-state index in [1.165, 1.54) is 36.4 Å². The highest BCUT2D eigenvalue weighted by Gasteiger charge is 2.43. The van der Waals surface area contributed by atoms with Crippen molar-refractivity contribution in [3.8, 4) is 0 Å². The third-order valence-electron chi connectivity index (χ3n) is 4.59. The molecule has 8 nitrogen and oxygen atoms in total. The molecule has 0 saturated carbocycles. The predicted octanol–water partition coefficient (Wildman–Crippen LogP) is 1.06. The lowest BCUT2D eigenvalue weighted by atomic mass is 9.92. The number of rotatable bonds is 6. The standard InChI is InChI=1S/C19H21FN2O6S/c1-18(11-28-12-18)22-29(25,26)14-7-5-6-13(10-14)16(23)21-19(20)9-4-3-8-15(19)17(24)27-2/h3-10,15,22H,11-12H2,1-2H3,(H,21,23). The van der Waals surface area contributed by atoms with E-state index in [1.807, 2.05) is 0 Å². The van der Waals surface area contributed by atoms with Gasteiger partial charge in [-0.3, -0.25) is 9.59 Å². The highest BCUT2D eigenvalue weighted by molar-refractivity contribution is 7.89. The number of carbonyl (C=O) groups excluding carboxylic acids is 2. The maximum Gasteiger partial charge on any atom is 0.318 e. The number of hydrogen-bond acceptors (Lipinski definition) is 6. The van der Waals surface area contributed by atoms with E-state index in [4.69, 9.17) is 4.74 Å². The first-order valence-corrected chi connectivity index (χ1v) is 10.2. The molecule has 2 N–H and O–H groups in total. The SMILES string of the molecule is COC(=O)C1C=CC=CC1(F)NC(=O)c1cccc(S(=O)(=O)NC2(C)COC2)c1. The van der Waals surface area contributed by atoms with E-state index < -0.39 is 39.1 Å². The van der Waals surface area contributed by atoms with Crippen LogP contribution in [-0.2, 0) is 24.3 Å². The fourth-order valence-corrected chi connectivity index (χ4v) is 4.44. The number of benzene rings is 1. The summed E-state index contributed by atoms with van der Waals surface area (Å²) in [5.74, 6) is -5.61. The van der Waals surface area contributed by atoms with Crippen LogP contribution in [0.1, 0.15) is 17.3 Å². The van der Waals surface area contributed by atoms with Crippen molar-refractivity contribution in [2.75, 3.05) is 20.3 Å². The number of esters is 1. The molecule has 1 aromatic carbocycles. The minimum absolute atomic E-state index is 0.0773. The van der Waals surface area contributed by atoms with Crippen molar-refractivity contribution in [3.05, 3.63) is 54.1 Å². The zero-order valence-electron chi connectivity index (χ0n) is 15.8. The Morgan fingerprint density at radius 1 is 1.28 bits per heavy atom. The van der Waals surface area contributed by atoms with Gasteiger partial charge in [0.15, 0.2) is 0 Å². The van der Waals surface area contributed by atoms with E-state index in [1.54, 1.807) is 6.92 Å². The van der Waals surface area contributed by atoms with Gasteiger partial charge < -0.3 is 14.8 Å². The van der Waals surface area contributed by atoms with Gasteiger partial charge in [0.2, 0.25) is 15.8 Å². The molecule has 1 amide bonds. The van der Waals surface area contributed by atoms with E-state index in [0.29, 0.717) is 0 Å². The van der Waals surface area contributed by atoms with Gasteiger partial charge in [-0.1, -0.05) is 24.3 Å². The lowest BCUT2D eigenvalue weighted by Crippen LogP contribution is -2.59. The Morgan fingerprint density at radius 3 is 2.62 bits per heavy atom. The highest BCUT2D eigenvalue weighted by atomic mass is 32.2. The van der Waals surface area contributed by atoms with Gasteiger partial charge in [-0.05, 0) is 31.2 Å². The minimum Gasteiger partial charge on any atom is -0.468 e. The Balaban J connectivity index is 1.81. The van der Waals surface area contributed by atoms with Gasteiger partial charge in [0.05, 0.1) is 30.8 Å². The second-order valence-electron chi connectivity index (χ2n) is 7.15. The number of amides is 1. The summed E-state index contributed by atoms with van der Waals surface area (Å²) >= 11 is 0. The largest absolute Gasteiger partial charge is 0.468 e. The normalized spacial score (nSPS) is 25.1. The van der Waals surface area contributed by atoms with Crippen LogP contribution in [-0.4, -0.2) is 51.9 Å². The lowest BCUT2D eigenvalue weighted by molar-refractivity contribution is -0.147. The Bertz CT molecular complexity index is 986. The summed E-state index contributed by atoms with van der Waals surface area (Å²) in [5, 5.41) is 2.15. The lowest BCUT2D eigenvalue weighted by Gasteiger charge is -2.38. The molecular formula is C19H21FN2O6S. The van der Waals surface area contributed by atoms with E-state index in [0.717, 1.165) is 19.3 Å². The van der Waals surface area contributed by atoms with Crippen molar-refractivity contribution in [1.82, 2.24) is 10.0 Å². The first-order valence-electron chi connectivity index (χ1n) is 8.76. The van der Waals surface area contributed by atoms with Crippen molar-refractivity contribution in [2.24, 2.45) is 5.92 Å². The molecular weight excluding hydrogens is 403 g/mol. The number of carbonyl (C=O) groups is 2. The van der Waals surface area contributed by atoms with Gasteiger partial charge >= 0.3 is 5.97 Å². The molecule has 2 atom stereocenters. The van der Waals surface area contributed by atoms with Crippen LogP contribution in [0.4, 0.5) is 4.39 Å². The van der Waals surface area contributed by atoms with E-state index >= 15 is 4.39 Å². The zero-order chi connectivity index (χ0) is 21.3. The molecule has 0 spiro atoms. The number of hydrogen-bond donors (Lipinski definition) is 2. The first-order chi connectivity index (χ1) is 13.6. The van der Waals surface area contributed by atoms with Crippen LogP contribution < -0.4 is 10.0 Å². The molecule has 1 heterocycles. The van der Waals surface area contributed by atoms with Crippen LogP contribution >= 0.6 is 0 Å². The van der Waals surface area contributed by atoms with Gasteiger partial charge in [-0.25, -0.2) is 17.5 Å². The molecule has 0 radical (unpaired) electrons. The van der Waals surface area contributed by atoms with Crippen LogP contribution in [0.3, 0.4) is 0 Å². The summed E-state index contributed by atoms with van der Waals surface area (Å²) in [4.78, 5) is 24.3. The van der Waals surface area contributed by atoms with Crippen molar-refractivity contribution in [2.45, 2.75) is 23.2 Å². The predicted molar refractivity (Wildman–Crippen MR) is 101 cm³/mol. The number of alkyl halides is 1. The molecule has 1 aliphatic carbocycles. The van der Waals surface area contributed by atoms with Crippen LogP contribution in [0.25, 0.3) is 0 Å². The van der Waals surface area contributed by atoms with Gasteiger partial charge in [-0.2, -0.15) is 0 Å². The Kier molecular flexibility index (Phi) is 5.61. The third kappa shape index (κ3) is 4.39. The Hall–Kier alpha value is -2.56. The Morgan fingerprint density at radius 2 is 2.00 bits per heavy atom. The van der Waals surface area contributed by atoms with Gasteiger partial charge in [0.1, 0.15) is 5.92 Å². The number of ether oxygens (including phenoxy) is 2. The van der Waals surface area contributed by atoms with Gasteiger partial charge in [0.25, 0.3) is 5.91 Å². The molecule has 29 heavy (non-hydrogen) atoms. The Labute approximate surface area is 167 Å². The summed E-state index contributed by atoms with van der Waals surface area (Å²) in [5.41, 5.74) is -0.793. The van der Waals surface area contributed by atoms with Crippen molar-refractivity contribution < 1.29 is 31.9 Å². The molecule has 10 heteroatoms. The number of halogens is 1. The van der Waals surface area contributed by atoms with Crippen LogP contribution in [0, 0.1) is 5.92 Å². The maximum absolute atomic E-state index is 15.3. The summed E-state index contributed by atoms with van der Waals surface area (Å²) in [7, 11) is -2.80. The van der Waals surface area contributed by atoms with Crippen LogP contribution in [0.5, 0.6) is 0 Å². The quantitative estimate of drug-likeness (QED) is 0.522. The highest BCUT2D eigenvalue weighted by Crippen LogP contribution is 2.28. The summed E-state index contributed by atoms with van der Waals surface area (Å²) < 4.78 is 52.6. The molecule has 1 aliphatic heterocycles. The number of methoxy groups -OCH3 is 1. The summed E-state index contributed by atoms with van der Waals surface area (Å²) in [6.45, 7) is 2.18. The number of sulfonamides is 1. The van der Waals surface area contributed by atoms with Crippen LogP contribution in [0.15, 0.2) is 53.5 Å². The smallest absolute Gasteiger partial charge is 0.318 e. The molecule has 2 unspecified atom stereocenters. The number of nitrogens with one attached hydrogen (secondary N) is 2. The summed E-state index contributed by atoms with van der Waals surface area (Å²) in [6.07, 6.45) is 5.13. The molecule has 0 bridgehead atoms. The zero-order valence-corrected chi connectivity index (χ0v) is 16.7. The number of allylic oxidation sites excluding steroid dienone is 2. The topological polar surface area (TPSA) is 111 Å². The molecule has 1 aromatic rings. The van der Waals surface area contributed by atoms with Crippen molar-refractivity contribution >= 4 is 21.9 Å². The van der Waals surface area contributed by atoms with E-state index in [-0.39, 0.29) is 23.7 Å². The summed E-state index contributed by atoms with van der Waals surface area (Å²) in [6, 6.07) is 5.19. The van der Waals surface area contributed by atoms with E-state index in [9.17, 15) is 18.0 Å². The van der Waals surface area contributed by atoms with Gasteiger partial charge in [0, 0.05) is 5.56 Å². The second kappa shape index (κ2) is 7.69. The second-order valence-corrected chi connectivity index (χ2v) is 8.84. The fourth-order valence-electron chi connectivity index (χ4n) is 3.01. The molecule has 1 fully saturated rings. The molecule has 156 valence electrons. The molecule has 3 rings (SSSR count). The monoisotopic (exact) mass is 424 g/mol. The van der Waals surface area contributed by atoms with Crippen molar-refractivity contribution in [1.29, 1.82) is 0 Å². The van der Waals surface area contributed by atoms with Crippen LogP contribution in [0.2, 0.25) is 0 Å². The molecule has 0 aromatic heterocycles. The van der Waals surface area contributed by atoms with Gasteiger partial charge in [-0.15, -0.1) is 0 Å².